The van der Waals surface area contributed by atoms with Crippen molar-refractivity contribution < 1.29 is 17.9 Å². The molecule has 1 aromatic rings. The molecule has 0 spiro atoms. The molecule has 0 radical (unpaired) electrons. The number of piperidine rings is 1. The highest BCUT2D eigenvalue weighted by atomic mass is 32.2. The van der Waals surface area contributed by atoms with Crippen molar-refractivity contribution in [1.29, 1.82) is 0 Å². The van der Waals surface area contributed by atoms with E-state index in [2.05, 4.69) is 0 Å². The lowest BCUT2D eigenvalue weighted by atomic mass is 10.0. The molecular weight excluding hydrogens is 281 g/mol. The van der Waals surface area contributed by atoms with Crippen molar-refractivity contribution in [1.82, 2.24) is 4.31 Å². The number of hydrogen-bond donors (Lipinski definition) is 1. The Bertz CT molecular complexity index is 566. The Labute approximate surface area is 119 Å². The summed E-state index contributed by atoms with van der Waals surface area (Å²) in [5.41, 5.74) is 0.564. The largest absolute Gasteiger partial charge is 0.392 e. The smallest absolute Gasteiger partial charge is 0.243 e. The minimum absolute atomic E-state index is 0.0393. The highest BCUT2D eigenvalue weighted by molar-refractivity contribution is 7.89. The van der Waals surface area contributed by atoms with Crippen LogP contribution in [0.3, 0.4) is 0 Å². The van der Waals surface area contributed by atoms with Crippen LogP contribution in [0, 0.1) is 12.7 Å². The van der Waals surface area contributed by atoms with Gasteiger partial charge in [0.1, 0.15) is 5.82 Å². The lowest BCUT2D eigenvalue weighted by Gasteiger charge is -2.36. The van der Waals surface area contributed by atoms with E-state index in [-0.39, 0.29) is 4.90 Å². The molecule has 1 heterocycles. The van der Waals surface area contributed by atoms with Crippen LogP contribution in [0.2, 0.25) is 0 Å². The van der Waals surface area contributed by atoms with E-state index in [4.69, 9.17) is 0 Å². The molecule has 0 saturated carbocycles. The van der Waals surface area contributed by atoms with Crippen LogP contribution in [0.25, 0.3) is 0 Å². The predicted molar refractivity (Wildman–Crippen MR) is 74.3 cm³/mol. The number of nitrogens with zero attached hydrogens (tertiary/aromatic N) is 1. The van der Waals surface area contributed by atoms with E-state index >= 15 is 0 Å². The second kappa shape index (κ2) is 5.79. The van der Waals surface area contributed by atoms with E-state index in [1.165, 1.54) is 16.4 Å². The molecule has 1 aliphatic rings. The van der Waals surface area contributed by atoms with Crippen molar-refractivity contribution in [2.45, 2.75) is 50.2 Å². The number of aliphatic hydroxyl groups is 1. The van der Waals surface area contributed by atoms with Crippen molar-refractivity contribution in [3.8, 4) is 0 Å². The first kappa shape index (κ1) is 15.4. The fourth-order valence-electron chi connectivity index (χ4n) is 2.70. The molecule has 4 nitrogen and oxygen atoms in total. The van der Waals surface area contributed by atoms with E-state index < -0.39 is 28.0 Å². The average Bonchev–Trinajstić information content (AvgIpc) is 2.37. The molecule has 1 N–H and O–H groups in total. The normalized spacial score (nSPS) is 22.7. The van der Waals surface area contributed by atoms with Crippen molar-refractivity contribution in [2.24, 2.45) is 0 Å². The summed E-state index contributed by atoms with van der Waals surface area (Å²) in [4.78, 5) is -0.0393. The third-order valence-corrected chi connectivity index (χ3v) is 5.58. The van der Waals surface area contributed by atoms with Gasteiger partial charge in [0.25, 0.3) is 0 Å². The maximum atomic E-state index is 13.4. The number of aliphatic hydroxyl groups excluding tert-OH is 1. The highest BCUT2D eigenvalue weighted by Gasteiger charge is 2.36. The Hall–Kier alpha value is -0.980. The van der Waals surface area contributed by atoms with Crippen molar-refractivity contribution in [2.75, 3.05) is 6.54 Å². The van der Waals surface area contributed by atoms with Crippen molar-refractivity contribution >= 4 is 10.0 Å². The fourth-order valence-corrected chi connectivity index (χ4v) is 4.57. The maximum absolute atomic E-state index is 13.4. The van der Waals surface area contributed by atoms with Gasteiger partial charge >= 0.3 is 0 Å². The first-order valence-electron chi connectivity index (χ1n) is 6.79. The van der Waals surface area contributed by atoms with Crippen LogP contribution in [0.15, 0.2) is 23.1 Å². The molecule has 1 saturated heterocycles. The third kappa shape index (κ3) is 3.02. The van der Waals surface area contributed by atoms with E-state index in [0.29, 0.717) is 18.5 Å². The Balaban J connectivity index is 2.42. The summed E-state index contributed by atoms with van der Waals surface area (Å²) in [5, 5.41) is 9.79. The highest BCUT2D eigenvalue weighted by Crippen LogP contribution is 2.27. The van der Waals surface area contributed by atoms with Crippen LogP contribution in [0.5, 0.6) is 0 Å². The number of rotatable bonds is 3. The number of halogens is 1. The molecule has 2 rings (SSSR count). The third-order valence-electron chi connectivity index (χ3n) is 3.68. The summed E-state index contributed by atoms with van der Waals surface area (Å²) in [6, 6.07) is 3.36. The predicted octanol–water partition coefficient (Wildman–Crippen LogP) is 2.06. The molecule has 1 aromatic carbocycles. The second-order valence-electron chi connectivity index (χ2n) is 5.38. The molecule has 0 aromatic heterocycles. The van der Waals surface area contributed by atoms with Gasteiger partial charge in [-0.05, 0) is 50.5 Å². The summed E-state index contributed by atoms with van der Waals surface area (Å²) in [7, 11) is -3.77. The van der Waals surface area contributed by atoms with Gasteiger partial charge in [-0.2, -0.15) is 4.31 Å². The van der Waals surface area contributed by atoms with Crippen molar-refractivity contribution in [3.05, 3.63) is 29.6 Å². The van der Waals surface area contributed by atoms with Crippen LogP contribution in [-0.2, 0) is 10.0 Å². The fraction of sp³-hybridized carbons (Fsp3) is 0.571. The van der Waals surface area contributed by atoms with E-state index in [1.54, 1.807) is 13.8 Å². The number of benzene rings is 1. The number of aryl methyl sites for hydroxylation is 1. The van der Waals surface area contributed by atoms with E-state index in [1.807, 2.05) is 0 Å². The molecule has 1 fully saturated rings. The van der Waals surface area contributed by atoms with Crippen LogP contribution < -0.4 is 0 Å². The quantitative estimate of drug-likeness (QED) is 0.929. The Morgan fingerprint density at radius 3 is 2.65 bits per heavy atom. The molecule has 20 heavy (non-hydrogen) atoms. The standard InChI is InChI=1S/C14H20FNO3S/c1-10-7-12(15)9-13(8-10)20(18,19)16-6-4-3-5-14(16)11(2)17/h7-9,11,14,17H,3-6H2,1-2H3/t11-,14+/m1/s1. The molecule has 0 aliphatic carbocycles. The van der Waals surface area contributed by atoms with Gasteiger partial charge in [-0.15, -0.1) is 0 Å². The maximum Gasteiger partial charge on any atom is 0.243 e. The van der Waals surface area contributed by atoms with Crippen LogP contribution in [0.1, 0.15) is 31.7 Å². The number of sulfonamides is 1. The van der Waals surface area contributed by atoms with Gasteiger partial charge in [0.15, 0.2) is 0 Å². The SMILES string of the molecule is Cc1cc(F)cc(S(=O)(=O)N2CCCC[C@H]2[C@@H](C)O)c1. The van der Waals surface area contributed by atoms with Gasteiger partial charge in [-0.25, -0.2) is 12.8 Å². The molecule has 2 atom stereocenters. The Morgan fingerprint density at radius 1 is 1.35 bits per heavy atom. The Kier molecular flexibility index (Phi) is 4.46. The zero-order valence-corrected chi connectivity index (χ0v) is 12.5. The molecule has 6 heteroatoms. The number of hydrogen-bond acceptors (Lipinski definition) is 3. The first-order valence-corrected chi connectivity index (χ1v) is 8.23. The van der Waals surface area contributed by atoms with E-state index in [0.717, 1.165) is 18.9 Å². The average molecular weight is 301 g/mol. The lowest BCUT2D eigenvalue weighted by Crippen LogP contribution is -2.48. The van der Waals surface area contributed by atoms with Crippen LogP contribution >= 0.6 is 0 Å². The van der Waals surface area contributed by atoms with Crippen molar-refractivity contribution in [3.63, 3.8) is 0 Å². The molecule has 0 amide bonds. The van der Waals surface area contributed by atoms with Gasteiger partial charge in [0.2, 0.25) is 10.0 Å². The van der Waals surface area contributed by atoms with Gasteiger partial charge in [-0.3, -0.25) is 0 Å². The summed E-state index contributed by atoms with van der Waals surface area (Å²) < 4.78 is 40.1. The zero-order chi connectivity index (χ0) is 14.9. The molecular formula is C14H20FNO3S. The first-order chi connectivity index (χ1) is 9.32. The van der Waals surface area contributed by atoms with E-state index in [9.17, 15) is 17.9 Å². The van der Waals surface area contributed by atoms with Crippen LogP contribution in [-0.4, -0.2) is 36.5 Å². The minimum atomic E-state index is -3.77. The van der Waals surface area contributed by atoms with Crippen LogP contribution in [0.4, 0.5) is 4.39 Å². The topological polar surface area (TPSA) is 57.6 Å². The minimum Gasteiger partial charge on any atom is -0.392 e. The van der Waals surface area contributed by atoms with Gasteiger partial charge in [0.05, 0.1) is 17.0 Å². The van der Waals surface area contributed by atoms with Gasteiger partial charge < -0.3 is 5.11 Å². The summed E-state index contributed by atoms with van der Waals surface area (Å²) in [5.74, 6) is -0.561. The monoisotopic (exact) mass is 301 g/mol. The zero-order valence-electron chi connectivity index (χ0n) is 11.7. The molecule has 1 aliphatic heterocycles. The lowest BCUT2D eigenvalue weighted by molar-refractivity contribution is 0.0831. The Morgan fingerprint density at radius 2 is 2.05 bits per heavy atom. The molecule has 0 unspecified atom stereocenters. The summed E-state index contributed by atoms with van der Waals surface area (Å²) in [6.45, 7) is 3.62. The molecule has 112 valence electrons. The summed E-state index contributed by atoms with van der Waals surface area (Å²) >= 11 is 0. The van der Waals surface area contributed by atoms with Gasteiger partial charge in [-0.1, -0.05) is 6.42 Å². The molecule has 0 bridgehead atoms. The summed E-state index contributed by atoms with van der Waals surface area (Å²) in [6.07, 6.45) is 1.55. The second-order valence-corrected chi connectivity index (χ2v) is 7.27. The van der Waals surface area contributed by atoms with Gasteiger partial charge in [0, 0.05) is 6.54 Å².